The molecule has 0 atom stereocenters. The van der Waals surface area contributed by atoms with E-state index in [0.29, 0.717) is 0 Å². The summed E-state index contributed by atoms with van der Waals surface area (Å²) in [6, 6.07) is 22.1. The largest absolute Gasteiger partial charge is 2.00 e. The maximum absolute atomic E-state index is 10.8. The van der Waals surface area contributed by atoms with Crippen molar-refractivity contribution in [1.82, 2.24) is 0 Å². The minimum absolute atomic E-state index is 0. The molecule has 0 spiro atoms. The van der Waals surface area contributed by atoms with Crippen molar-refractivity contribution in [2.75, 3.05) is 0 Å². The molecule has 0 aliphatic heterocycles. The molecule has 108 valence electrons. The van der Waals surface area contributed by atoms with Gasteiger partial charge in [0, 0.05) is 0 Å². The third-order valence-corrected chi connectivity index (χ3v) is 2.78. The number of rotatable bonds is 2. The van der Waals surface area contributed by atoms with Crippen molar-refractivity contribution in [2.45, 2.75) is 0 Å². The second-order valence-corrected chi connectivity index (χ2v) is 4.17. The normalized spacial score (nSPS) is 9.14. The summed E-state index contributed by atoms with van der Waals surface area (Å²) in [6.07, 6.45) is 0. The molecule has 3 aromatic carbocycles. The van der Waals surface area contributed by atoms with Crippen LogP contribution in [0, 0.1) is 0 Å². The molecule has 3 rings (SSSR count). The van der Waals surface area contributed by atoms with Crippen molar-refractivity contribution in [3.8, 4) is 16.9 Å². The molecule has 4 heteroatoms. The molecule has 0 aliphatic rings. The van der Waals surface area contributed by atoms with Gasteiger partial charge in [0.15, 0.2) is 0 Å². The fourth-order valence-corrected chi connectivity index (χ4v) is 1.77. The van der Waals surface area contributed by atoms with Gasteiger partial charge >= 0.3 is 23.0 Å². The molecule has 3 aromatic rings. The van der Waals surface area contributed by atoms with Crippen LogP contribution in [-0.4, -0.2) is 16.2 Å². The van der Waals surface area contributed by atoms with Crippen LogP contribution in [0.25, 0.3) is 11.1 Å². The number of carboxylic acid groups (broad SMARTS) is 1. The standard InChI is InChI=1S/C12H9O3.C5H5.Fe/c13-11-6-5-9(7-10(11)12(14)15)8-3-1-2-4-8;1-2-4-5-3-1;/h1-7,13H,(H,14,15);1-5H;/q2*-1;+2. The van der Waals surface area contributed by atoms with E-state index in [4.69, 9.17) is 5.11 Å². The predicted octanol–water partition coefficient (Wildman–Crippen LogP) is 3.88. The first-order chi connectivity index (χ1) is 9.68. The first kappa shape index (κ1) is 16.8. The minimum Gasteiger partial charge on any atom is -0.508 e. The maximum Gasteiger partial charge on any atom is 2.00 e. The molecule has 3 nitrogen and oxygen atoms in total. The van der Waals surface area contributed by atoms with E-state index < -0.39 is 5.97 Å². The number of aromatic hydroxyl groups is 1. The molecule has 0 radical (unpaired) electrons. The van der Waals surface area contributed by atoms with Gasteiger partial charge in [0.2, 0.25) is 0 Å². The van der Waals surface area contributed by atoms with E-state index in [1.54, 1.807) is 6.07 Å². The van der Waals surface area contributed by atoms with E-state index in [0.717, 1.165) is 11.1 Å². The Morgan fingerprint density at radius 3 is 2.14 bits per heavy atom. The smallest absolute Gasteiger partial charge is 0.508 e. The van der Waals surface area contributed by atoms with Crippen LogP contribution in [0.2, 0.25) is 0 Å². The van der Waals surface area contributed by atoms with Crippen molar-refractivity contribution in [2.24, 2.45) is 0 Å². The molecule has 0 aromatic heterocycles. The molecule has 0 saturated heterocycles. The molecular formula is C17H14FeO3. The van der Waals surface area contributed by atoms with Gasteiger partial charge < -0.3 is 10.2 Å². The van der Waals surface area contributed by atoms with E-state index in [9.17, 15) is 9.90 Å². The zero-order valence-corrected chi connectivity index (χ0v) is 12.2. The molecule has 0 amide bonds. The van der Waals surface area contributed by atoms with E-state index in [1.807, 2.05) is 54.6 Å². The summed E-state index contributed by atoms with van der Waals surface area (Å²) >= 11 is 0. The molecule has 21 heavy (non-hydrogen) atoms. The summed E-state index contributed by atoms with van der Waals surface area (Å²) in [5.41, 5.74) is 1.65. The Morgan fingerprint density at radius 2 is 1.67 bits per heavy atom. The summed E-state index contributed by atoms with van der Waals surface area (Å²) < 4.78 is 0. The second kappa shape index (κ2) is 8.10. The van der Waals surface area contributed by atoms with Crippen LogP contribution in [0.3, 0.4) is 0 Å². The second-order valence-electron chi connectivity index (χ2n) is 4.17. The quantitative estimate of drug-likeness (QED) is 0.556. The Morgan fingerprint density at radius 1 is 1.05 bits per heavy atom. The Balaban J connectivity index is 0.000000313. The molecule has 0 saturated carbocycles. The number of hydrogen-bond donors (Lipinski definition) is 2. The Bertz CT molecular complexity index is 638. The average molecular weight is 322 g/mol. The molecule has 0 unspecified atom stereocenters. The summed E-state index contributed by atoms with van der Waals surface area (Å²) in [5, 5.41) is 18.1. The number of benzene rings is 1. The van der Waals surface area contributed by atoms with Crippen LogP contribution in [0.5, 0.6) is 5.75 Å². The maximum atomic E-state index is 10.8. The van der Waals surface area contributed by atoms with Gasteiger partial charge in [-0.1, -0.05) is 11.6 Å². The molecule has 0 aliphatic carbocycles. The zero-order chi connectivity index (χ0) is 14.4. The third-order valence-electron chi connectivity index (χ3n) is 2.78. The van der Waals surface area contributed by atoms with Crippen molar-refractivity contribution >= 4 is 5.97 Å². The van der Waals surface area contributed by atoms with Crippen LogP contribution in [-0.2, 0) is 17.1 Å². The molecule has 0 fully saturated rings. The van der Waals surface area contributed by atoms with Gasteiger partial charge in [0.1, 0.15) is 5.75 Å². The van der Waals surface area contributed by atoms with Crippen molar-refractivity contribution in [3.63, 3.8) is 0 Å². The SMILES string of the molecule is O=C(O)c1cc(-[c-]2cccc2)ccc1O.[Fe+2].c1cc[cH-]c1. The summed E-state index contributed by atoms with van der Waals surface area (Å²) in [5.74, 6) is -1.33. The average Bonchev–Trinajstić information content (AvgIpc) is 3.15. The number of hydrogen-bond acceptors (Lipinski definition) is 2. The van der Waals surface area contributed by atoms with Crippen LogP contribution in [0.1, 0.15) is 10.4 Å². The van der Waals surface area contributed by atoms with Gasteiger partial charge in [-0.25, -0.2) is 16.9 Å². The van der Waals surface area contributed by atoms with Crippen molar-refractivity contribution in [1.29, 1.82) is 0 Å². The van der Waals surface area contributed by atoms with Crippen LogP contribution < -0.4 is 0 Å². The topological polar surface area (TPSA) is 57.5 Å². The van der Waals surface area contributed by atoms with Crippen LogP contribution in [0.4, 0.5) is 0 Å². The summed E-state index contributed by atoms with van der Waals surface area (Å²) in [4.78, 5) is 10.8. The number of carbonyl (C=O) groups is 1. The predicted molar refractivity (Wildman–Crippen MR) is 78.1 cm³/mol. The van der Waals surface area contributed by atoms with Gasteiger partial charge in [0.05, 0.1) is 5.56 Å². The summed E-state index contributed by atoms with van der Waals surface area (Å²) in [7, 11) is 0. The van der Waals surface area contributed by atoms with Crippen molar-refractivity contribution in [3.05, 3.63) is 78.4 Å². The zero-order valence-electron chi connectivity index (χ0n) is 11.1. The van der Waals surface area contributed by atoms with Gasteiger partial charge in [-0.2, -0.15) is 30.3 Å². The molecule has 2 N–H and O–H groups in total. The first-order valence-electron chi connectivity index (χ1n) is 6.13. The minimum atomic E-state index is -1.12. The van der Waals surface area contributed by atoms with Crippen molar-refractivity contribution < 1.29 is 32.1 Å². The monoisotopic (exact) mass is 322 g/mol. The fraction of sp³-hybridized carbons (Fsp3) is 0. The Labute approximate surface area is 133 Å². The van der Waals surface area contributed by atoms with Gasteiger partial charge in [-0.05, 0) is 0 Å². The van der Waals surface area contributed by atoms with Crippen LogP contribution in [0.15, 0.2) is 72.8 Å². The summed E-state index contributed by atoms with van der Waals surface area (Å²) in [6.45, 7) is 0. The van der Waals surface area contributed by atoms with E-state index in [-0.39, 0.29) is 28.4 Å². The molecular weight excluding hydrogens is 308 g/mol. The number of phenols is 1. The Kier molecular flexibility index (Phi) is 6.46. The van der Waals surface area contributed by atoms with Gasteiger partial charge in [0.25, 0.3) is 0 Å². The van der Waals surface area contributed by atoms with Gasteiger partial charge in [-0.15, -0.1) is 29.8 Å². The molecule has 0 bridgehead atoms. The Hall–Kier alpha value is -2.29. The number of aromatic carboxylic acids is 1. The number of carboxylic acids is 1. The van der Waals surface area contributed by atoms with E-state index in [2.05, 4.69) is 0 Å². The third kappa shape index (κ3) is 4.63. The van der Waals surface area contributed by atoms with E-state index in [1.165, 1.54) is 12.1 Å². The first-order valence-corrected chi connectivity index (χ1v) is 6.13. The van der Waals surface area contributed by atoms with E-state index >= 15 is 0 Å². The van der Waals surface area contributed by atoms with Crippen LogP contribution >= 0.6 is 0 Å². The van der Waals surface area contributed by atoms with Gasteiger partial charge in [-0.3, -0.25) is 0 Å². The fourth-order valence-electron chi connectivity index (χ4n) is 1.77. The molecule has 0 heterocycles.